The van der Waals surface area contributed by atoms with E-state index < -0.39 is 35.6 Å². The van der Waals surface area contributed by atoms with Crippen LogP contribution in [0.5, 0.6) is 0 Å². The summed E-state index contributed by atoms with van der Waals surface area (Å²) in [5.41, 5.74) is 0.959. The molecule has 1 unspecified atom stereocenters. The van der Waals surface area contributed by atoms with Gasteiger partial charge in [0.05, 0.1) is 17.5 Å². The van der Waals surface area contributed by atoms with Crippen molar-refractivity contribution in [2.75, 3.05) is 11.9 Å². The summed E-state index contributed by atoms with van der Waals surface area (Å²) in [4.78, 5) is 49.5. The zero-order valence-electron chi connectivity index (χ0n) is 15.0. The molecule has 0 bridgehead atoms. The normalized spacial score (nSPS) is 13.9. The molecule has 1 aliphatic rings. The Morgan fingerprint density at radius 3 is 2.18 bits per heavy atom. The Balaban J connectivity index is 1.50. The number of hydrogen-bond acceptors (Lipinski definition) is 5. The molecule has 0 saturated heterocycles. The van der Waals surface area contributed by atoms with Gasteiger partial charge < -0.3 is 10.1 Å². The fourth-order valence-corrected chi connectivity index (χ4v) is 2.73. The van der Waals surface area contributed by atoms with Crippen molar-refractivity contribution >= 4 is 29.4 Å². The zero-order valence-corrected chi connectivity index (χ0v) is 15.0. The Labute approximate surface area is 160 Å². The number of anilines is 1. The van der Waals surface area contributed by atoms with E-state index in [9.17, 15) is 23.6 Å². The largest absolute Gasteiger partial charge is 0.452 e. The van der Waals surface area contributed by atoms with Gasteiger partial charge in [-0.15, -0.1) is 0 Å². The predicted molar refractivity (Wildman–Crippen MR) is 97.0 cm³/mol. The number of halogens is 1. The van der Waals surface area contributed by atoms with Gasteiger partial charge in [0.15, 0.2) is 6.10 Å². The average Bonchev–Trinajstić information content (AvgIpc) is 2.92. The highest BCUT2D eigenvalue weighted by Gasteiger charge is 2.35. The van der Waals surface area contributed by atoms with Crippen molar-refractivity contribution < 1.29 is 28.3 Å². The number of amides is 3. The maximum absolute atomic E-state index is 12.9. The monoisotopic (exact) mass is 384 g/mol. The molecule has 0 aromatic heterocycles. The van der Waals surface area contributed by atoms with Crippen LogP contribution in [-0.4, -0.2) is 41.2 Å². The number of ether oxygens (including phenoxy) is 1. The summed E-state index contributed by atoms with van der Waals surface area (Å²) in [7, 11) is 0. The van der Waals surface area contributed by atoms with Gasteiger partial charge in [0.1, 0.15) is 5.82 Å². The van der Waals surface area contributed by atoms with Crippen LogP contribution in [-0.2, 0) is 14.3 Å². The highest BCUT2D eigenvalue weighted by molar-refractivity contribution is 6.21. The zero-order chi connectivity index (χ0) is 20.3. The average molecular weight is 384 g/mol. The van der Waals surface area contributed by atoms with Crippen molar-refractivity contribution in [3.8, 4) is 0 Å². The van der Waals surface area contributed by atoms with E-state index in [1.807, 2.05) is 0 Å². The molecule has 0 radical (unpaired) electrons. The molecule has 2 aromatic carbocycles. The van der Waals surface area contributed by atoms with Gasteiger partial charge in [-0.05, 0) is 43.3 Å². The van der Waals surface area contributed by atoms with Crippen molar-refractivity contribution in [2.24, 2.45) is 0 Å². The molecule has 0 spiro atoms. The first-order chi connectivity index (χ1) is 13.4. The van der Waals surface area contributed by atoms with Crippen molar-refractivity contribution in [3.05, 3.63) is 65.5 Å². The number of imide groups is 1. The Morgan fingerprint density at radius 2 is 1.61 bits per heavy atom. The summed E-state index contributed by atoms with van der Waals surface area (Å²) in [5, 5.41) is 2.50. The summed E-state index contributed by atoms with van der Waals surface area (Å²) in [6.07, 6.45) is -1.33. The lowest BCUT2D eigenvalue weighted by molar-refractivity contribution is -0.153. The Bertz CT molecular complexity index is 907. The van der Waals surface area contributed by atoms with Crippen molar-refractivity contribution in [1.29, 1.82) is 0 Å². The summed E-state index contributed by atoms with van der Waals surface area (Å²) in [6, 6.07) is 11.6. The van der Waals surface area contributed by atoms with Crippen molar-refractivity contribution in [3.63, 3.8) is 0 Å². The number of benzene rings is 2. The van der Waals surface area contributed by atoms with Gasteiger partial charge >= 0.3 is 5.97 Å². The maximum atomic E-state index is 12.9. The van der Waals surface area contributed by atoms with Crippen LogP contribution in [0.15, 0.2) is 48.5 Å². The fraction of sp³-hybridized carbons (Fsp3) is 0.200. The highest BCUT2D eigenvalue weighted by Crippen LogP contribution is 2.22. The molecule has 0 saturated carbocycles. The second kappa shape index (κ2) is 7.99. The number of nitrogens with zero attached hydrogens (tertiary/aromatic N) is 1. The minimum Gasteiger partial charge on any atom is -0.452 e. The number of fused-ring (bicyclic) bond motifs is 1. The number of carbonyl (C=O) groups excluding carboxylic acids is 4. The first kappa shape index (κ1) is 19.2. The molecule has 0 aliphatic carbocycles. The number of nitrogens with one attached hydrogen (secondary N) is 1. The van der Waals surface area contributed by atoms with Gasteiger partial charge in [0.25, 0.3) is 17.7 Å². The summed E-state index contributed by atoms with van der Waals surface area (Å²) in [5.74, 6) is -2.67. The second-order valence-electron chi connectivity index (χ2n) is 6.19. The molecule has 1 N–H and O–H groups in total. The number of esters is 1. The highest BCUT2D eigenvalue weighted by atomic mass is 19.1. The van der Waals surface area contributed by atoms with Crippen LogP contribution in [0.3, 0.4) is 0 Å². The van der Waals surface area contributed by atoms with Gasteiger partial charge in [-0.25, -0.2) is 4.39 Å². The molecular formula is C20H17FN2O5. The molecular weight excluding hydrogens is 367 g/mol. The Morgan fingerprint density at radius 1 is 1.04 bits per heavy atom. The standard InChI is InChI=1S/C20H17FN2O5/c1-12(18(25)22-14-8-6-13(21)7-9-14)28-17(24)10-11-23-19(26)15-4-2-3-5-16(15)20(23)27/h2-9,12H,10-11H2,1H3,(H,22,25). The summed E-state index contributed by atoms with van der Waals surface area (Å²) in [6.45, 7) is 1.25. The third-order valence-electron chi connectivity index (χ3n) is 4.21. The second-order valence-corrected chi connectivity index (χ2v) is 6.19. The predicted octanol–water partition coefficient (Wildman–Crippen LogP) is 2.38. The van der Waals surface area contributed by atoms with Gasteiger partial charge in [-0.1, -0.05) is 12.1 Å². The third kappa shape index (κ3) is 4.06. The molecule has 3 amide bonds. The number of rotatable bonds is 6. The Kier molecular flexibility index (Phi) is 5.49. The molecule has 28 heavy (non-hydrogen) atoms. The molecule has 3 rings (SSSR count). The van der Waals surface area contributed by atoms with E-state index in [0.29, 0.717) is 16.8 Å². The first-order valence-corrected chi connectivity index (χ1v) is 8.58. The Hall–Kier alpha value is -3.55. The van der Waals surface area contributed by atoms with E-state index in [-0.39, 0.29) is 13.0 Å². The number of hydrogen-bond donors (Lipinski definition) is 1. The minimum atomic E-state index is -1.10. The van der Waals surface area contributed by atoms with Crippen LogP contribution in [0.25, 0.3) is 0 Å². The molecule has 144 valence electrons. The maximum Gasteiger partial charge on any atom is 0.308 e. The quantitative estimate of drug-likeness (QED) is 0.610. The SMILES string of the molecule is CC(OC(=O)CCN1C(=O)c2ccccc2C1=O)C(=O)Nc1ccc(F)cc1. The van der Waals surface area contributed by atoms with Crippen LogP contribution in [0.1, 0.15) is 34.1 Å². The van der Waals surface area contributed by atoms with E-state index >= 15 is 0 Å². The first-order valence-electron chi connectivity index (χ1n) is 8.58. The van der Waals surface area contributed by atoms with Crippen molar-refractivity contribution in [1.82, 2.24) is 4.90 Å². The van der Waals surface area contributed by atoms with Crippen LogP contribution in [0.2, 0.25) is 0 Å². The van der Waals surface area contributed by atoms with Crippen LogP contribution in [0.4, 0.5) is 10.1 Å². The molecule has 1 atom stereocenters. The van der Waals surface area contributed by atoms with Gasteiger partial charge in [0, 0.05) is 12.2 Å². The summed E-state index contributed by atoms with van der Waals surface area (Å²) >= 11 is 0. The molecule has 2 aromatic rings. The van der Waals surface area contributed by atoms with E-state index in [1.165, 1.54) is 31.2 Å². The molecule has 1 heterocycles. The molecule has 8 heteroatoms. The van der Waals surface area contributed by atoms with Crippen LogP contribution >= 0.6 is 0 Å². The molecule has 1 aliphatic heterocycles. The van der Waals surface area contributed by atoms with E-state index in [4.69, 9.17) is 4.74 Å². The van der Waals surface area contributed by atoms with E-state index in [0.717, 1.165) is 4.90 Å². The van der Waals surface area contributed by atoms with Crippen molar-refractivity contribution in [2.45, 2.75) is 19.4 Å². The van der Waals surface area contributed by atoms with Crippen LogP contribution < -0.4 is 5.32 Å². The lowest BCUT2D eigenvalue weighted by Crippen LogP contribution is -2.34. The smallest absolute Gasteiger partial charge is 0.308 e. The molecule has 7 nitrogen and oxygen atoms in total. The van der Waals surface area contributed by atoms with Gasteiger partial charge in [0.2, 0.25) is 0 Å². The molecule has 0 fully saturated rings. The van der Waals surface area contributed by atoms with Gasteiger partial charge in [-0.3, -0.25) is 24.1 Å². The van der Waals surface area contributed by atoms with Gasteiger partial charge in [-0.2, -0.15) is 0 Å². The number of carbonyl (C=O) groups is 4. The topological polar surface area (TPSA) is 92.8 Å². The van der Waals surface area contributed by atoms with Crippen LogP contribution in [0, 0.1) is 5.82 Å². The lowest BCUT2D eigenvalue weighted by Gasteiger charge is -2.16. The van der Waals surface area contributed by atoms with E-state index in [1.54, 1.807) is 24.3 Å². The van der Waals surface area contributed by atoms with E-state index in [2.05, 4.69) is 5.32 Å². The lowest BCUT2D eigenvalue weighted by atomic mass is 10.1. The third-order valence-corrected chi connectivity index (χ3v) is 4.21. The minimum absolute atomic E-state index is 0.141. The fourth-order valence-electron chi connectivity index (χ4n) is 2.73. The summed E-state index contributed by atoms with van der Waals surface area (Å²) < 4.78 is 17.9.